The molecule has 0 heterocycles. The van der Waals surface area contributed by atoms with E-state index in [9.17, 15) is 9.59 Å². The molecule has 0 spiro atoms. The second-order valence-corrected chi connectivity index (χ2v) is 4.60. The average molecular weight is 254 g/mol. The van der Waals surface area contributed by atoms with Crippen molar-refractivity contribution in [2.24, 2.45) is 10.7 Å². The van der Waals surface area contributed by atoms with Crippen LogP contribution in [0.5, 0.6) is 0 Å². The van der Waals surface area contributed by atoms with E-state index in [-0.39, 0.29) is 12.3 Å². The fraction of sp³-hybridized carbons (Fsp3) is 0.786. The molecule has 0 aliphatic rings. The van der Waals surface area contributed by atoms with Crippen molar-refractivity contribution in [3.05, 3.63) is 0 Å². The van der Waals surface area contributed by atoms with Crippen LogP contribution in [0, 0.1) is 0 Å². The summed E-state index contributed by atoms with van der Waals surface area (Å²) in [5.74, 6) is -0.610. The lowest BCUT2D eigenvalue weighted by atomic mass is 10.1. The predicted molar refractivity (Wildman–Crippen MR) is 74.5 cm³/mol. The van der Waals surface area contributed by atoms with Crippen molar-refractivity contribution in [2.45, 2.75) is 71.1 Å². The van der Waals surface area contributed by atoms with Crippen molar-refractivity contribution >= 4 is 18.0 Å². The Bertz CT molecular complexity index is 263. The Balaban J connectivity index is 3.30. The number of amides is 2. The van der Waals surface area contributed by atoms with Crippen LogP contribution in [0.3, 0.4) is 0 Å². The molecule has 0 saturated heterocycles. The molecule has 18 heavy (non-hydrogen) atoms. The van der Waals surface area contributed by atoms with Crippen LogP contribution in [-0.2, 0) is 9.59 Å². The van der Waals surface area contributed by atoms with Crippen LogP contribution in [0.15, 0.2) is 4.99 Å². The van der Waals surface area contributed by atoms with Gasteiger partial charge in [-0.15, -0.1) is 0 Å². The summed E-state index contributed by atoms with van der Waals surface area (Å²) in [6.07, 6.45) is 11.5. The molecule has 104 valence electrons. The topological polar surface area (TPSA) is 72.5 Å². The summed E-state index contributed by atoms with van der Waals surface area (Å²) in [7, 11) is 0. The molecule has 0 aromatic heterocycles. The van der Waals surface area contributed by atoms with Crippen molar-refractivity contribution in [1.82, 2.24) is 0 Å². The van der Waals surface area contributed by atoms with Gasteiger partial charge in [-0.3, -0.25) is 9.59 Å². The summed E-state index contributed by atoms with van der Waals surface area (Å²) in [4.78, 5) is 25.3. The normalized spacial score (nSPS) is 10.9. The Morgan fingerprint density at radius 2 is 1.56 bits per heavy atom. The average Bonchev–Trinajstić information content (AvgIpc) is 2.32. The summed E-state index contributed by atoms with van der Waals surface area (Å²) < 4.78 is 0. The van der Waals surface area contributed by atoms with Gasteiger partial charge in [0.15, 0.2) is 0 Å². The number of hydrogen-bond acceptors (Lipinski definition) is 2. The highest BCUT2D eigenvalue weighted by Gasteiger charge is 1.98. The third-order valence-corrected chi connectivity index (χ3v) is 2.77. The number of nitrogens with two attached hydrogens (primary N) is 1. The second-order valence-electron chi connectivity index (χ2n) is 4.60. The Kier molecular flexibility index (Phi) is 11.5. The van der Waals surface area contributed by atoms with Crippen LogP contribution >= 0.6 is 0 Å². The van der Waals surface area contributed by atoms with Crippen LogP contribution in [0.1, 0.15) is 71.1 Å². The highest BCUT2D eigenvalue weighted by molar-refractivity contribution is 5.93. The first kappa shape index (κ1) is 16.8. The predicted octanol–water partition coefficient (Wildman–Crippen LogP) is 2.99. The second kappa shape index (κ2) is 12.3. The summed E-state index contributed by atoms with van der Waals surface area (Å²) in [6, 6.07) is 0. The number of aliphatic imine (C=N–C) groups is 1. The molecule has 2 N–H and O–H groups in total. The lowest BCUT2D eigenvalue weighted by molar-refractivity contribution is -0.117. The van der Waals surface area contributed by atoms with Crippen molar-refractivity contribution in [1.29, 1.82) is 0 Å². The molecule has 0 atom stereocenters. The molecule has 0 fully saturated rings. The third kappa shape index (κ3) is 12.9. The first-order valence-corrected chi connectivity index (χ1v) is 7.00. The Morgan fingerprint density at radius 3 is 2.11 bits per heavy atom. The number of unbranched alkanes of at least 4 members (excludes halogenated alkanes) is 7. The first-order chi connectivity index (χ1) is 8.66. The summed E-state index contributed by atoms with van der Waals surface area (Å²) in [5.41, 5.74) is 4.93. The first-order valence-electron chi connectivity index (χ1n) is 7.00. The molecule has 4 nitrogen and oxygen atoms in total. The van der Waals surface area contributed by atoms with Crippen LogP contribution in [0.4, 0.5) is 0 Å². The Morgan fingerprint density at radius 1 is 1.00 bits per heavy atom. The van der Waals surface area contributed by atoms with Crippen molar-refractivity contribution < 1.29 is 9.59 Å². The fourth-order valence-corrected chi connectivity index (χ4v) is 1.71. The molecular formula is C14H26N2O2. The van der Waals surface area contributed by atoms with Crippen molar-refractivity contribution in [2.75, 3.05) is 0 Å². The van der Waals surface area contributed by atoms with E-state index in [1.165, 1.54) is 44.7 Å². The minimum atomic E-state index is -0.460. The summed E-state index contributed by atoms with van der Waals surface area (Å²) in [6.45, 7) is 2.21. The quantitative estimate of drug-likeness (QED) is 0.454. The van der Waals surface area contributed by atoms with E-state index in [1.807, 2.05) is 0 Å². The van der Waals surface area contributed by atoms with Gasteiger partial charge < -0.3 is 5.73 Å². The molecule has 2 amide bonds. The Hall–Kier alpha value is -1.19. The maximum absolute atomic E-state index is 11.2. The Labute approximate surface area is 110 Å². The largest absolute Gasteiger partial charge is 0.369 e. The van der Waals surface area contributed by atoms with Crippen LogP contribution in [-0.4, -0.2) is 18.0 Å². The van der Waals surface area contributed by atoms with Gasteiger partial charge in [0.25, 0.3) is 0 Å². The lowest BCUT2D eigenvalue weighted by Gasteiger charge is -2.00. The van der Waals surface area contributed by atoms with Gasteiger partial charge in [0.05, 0.1) is 6.42 Å². The van der Waals surface area contributed by atoms with Gasteiger partial charge in [-0.25, -0.2) is 4.99 Å². The van der Waals surface area contributed by atoms with E-state index >= 15 is 0 Å². The minimum Gasteiger partial charge on any atom is -0.369 e. The van der Waals surface area contributed by atoms with Crippen LogP contribution in [0.25, 0.3) is 0 Å². The van der Waals surface area contributed by atoms with Crippen LogP contribution < -0.4 is 5.73 Å². The van der Waals surface area contributed by atoms with E-state index in [1.54, 1.807) is 0 Å². The number of primary amides is 1. The van der Waals surface area contributed by atoms with Gasteiger partial charge in [0.2, 0.25) is 11.8 Å². The van der Waals surface area contributed by atoms with E-state index in [4.69, 9.17) is 5.73 Å². The molecule has 0 aromatic rings. The number of hydrogen-bond donors (Lipinski definition) is 1. The zero-order valence-electron chi connectivity index (χ0n) is 11.5. The highest BCUT2D eigenvalue weighted by atomic mass is 16.1. The standard InChI is InChI=1S/C14H26N2O2/c1-2-3-4-5-6-7-8-9-10-14(18)16-12-11-13(15)17/h12H,2-11H2,1H3,(H2,15,17). The lowest BCUT2D eigenvalue weighted by Crippen LogP contribution is -2.10. The summed E-state index contributed by atoms with van der Waals surface area (Å²) in [5, 5.41) is 0. The molecule has 0 bridgehead atoms. The maximum Gasteiger partial charge on any atom is 0.245 e. The van der Waals surface area contributed by atoms with E-state index in [0.717, 1.165) is 12.8 Å². The van der Waals surface area contributed by atoms with Crippen LogP contribution in [0.2, 0.25) is 0 Å². The zero-order chi connectivity index (χ0) is 13.6. The van der Waals surface area contributed by atoms with Gasteiger partial charge in [-0.2, -0.15) is 0 Å². The van der Waals surface area contributed by atoms with Gasteiger partial charge in [-0.05, 0) is 6.42 Å². The molecule has 4 heteroatoms. The minimum absolute atomic E-state index is 0.0448. The molecule has 0 aromatic carbocycles. The van der Waals surface area contributed by atoms with E-state index in [2.05, 4.69) is 11.9 Å². The van der Waals surface area contributed by atoms with Gasteiger partial charge >= 0.3 is 0 Å². The molecule has 0 radical (unpaired) electrons. The summed E-state index contributed by atoms with van der Waals surface area (Å²) >= 11 is 0. The van der Waals surface area contributed by atoms with Gasteiger partial charge in [0, 0.05) is 12.6 Å². The fourth-order valence-electron chi connectivity index (χ4n) is 1.71. The number of carbonyl (C=O) groups is 2. The molecule has 0 aliphatic heterocycles. The number of rotatable bonds is 11. The van der Waals surface area contributed by atoms with E-state index in [0.29, 0.717) is 6.42 Å². The molecule has 0 saturated carbocycles. The third-order valence-electron chi connectivity index (χ3n) is 2.77. The van der Waals surface area contributed by atoms with Gasteiger partial charge in [0.1, 0.15) is 0 Å². The highest BCUT2D eigenvalue weighted by Crippen LogP contribution is 2.09. The van der Waals surface area contributed by atoms with Gasteiger partial charge in [-0.1, -0.05) is 51.9 Å². The molecule has 0 rings (SSSR count). The maximum atomic E-state index is 11.2. The van der Waals surface area contributed by atoms with Crippen molar-refractivity contribution in [3.63, 3.8) is 0 Å². The SMILES string of the molecule is CCCCCCCCCCC(=O)N=CCC(N)=O. The monoisotopic (exact) mass is 254 g/mol. The number of carbonyl (C=O) groups excluding carboxylic acids is 2. The van der Waals surface area contributed by atoms with Crippen molar-refractivity contribution in [3.8, 4) is 0 Å². The number of nitrogens with zero attached hydrogens (tertiary/aromatic N) is 1. The smallest absolute Gasteiger partial charge is 0.245 e. The zero-order valence-corrected chi connectivity index (χ0v) is 11.5. The van der Waals surface area contributed by atoms with E-state index < -0.39 is 5.91 Å². The molecule has 0 aliphatic carbocycles. The molecule has 0 unspecified atom stereocenters. The molecular weight excluding hydrogens is 228 g/mol.